The predicted molar refractivity (Wildman–Crippen MR) is 67.9 cm³/mol. The third kappa shape index (κ3) is 2.31. The first-order chi connectivity index (χ1) is 7.70. The average Bonchev–Trinajstić information content (AvgIpc) is 2.71. The Hall–Kier alpha value is -1.18. The Kier molecular flexibility index (Phi) is 3.37. The second-order valence-corrected chi connectivity index (χ2v) is 4.85. The number of rotatable bonds is 3. The van der Waals surface area contributed by atoms with Crippen LogP contribution < -0.4 is 5.32 Å². The van der Waals surface area contributed by atoms with E-state index in [9.17, 15) is 5.11 Å². The number of phenols is 1. The first kappa shape index (κ1) is 11.3. The van der Waals surface area contributed by atoms with Gasteiger partial charge in [-0.25, -0.2) is 0 Å². The molecule has 1 aromatic rings. The van der Waals surface area contributed by atoms with Crippen molar-refractivity contribution in [3.63, 3.8) is 0 Å². The molecule has 2 rings (SSSR count). The zero-order valence-corrected chi connectivity index (χ0v) is 10.2. The van der Waals surface area contributed by atoms with Crippen LogP contribution in [-0.2, 0) is 0 Å². The largest absolute Gasteiger partial charge is 0.508 e. The smallest absolute Gasteiger partial charge is 0.120 e. The molecule has 0 amide bonds. The average molecular weight is 219 g/mol. The number of aryl methyl sites for hydroxylation is 1. The van der Waals surface area contributed by atoms with Gasteiger partial charge in [0.05, 0.1) is 0 Å². The van der Waals surface area contributed by atoms with E-state index < -0.39 is 0 Å². The molecular weight excluding hydrogens is 198 g/mol. The highest BCUT2D eigenvalue weighted by Gasteiger charge is 2.25. The lowest BCUT2D eigenvalue weighted by Crippen LogP contribution is -2.23. The quantitative estimate of drug-likeness (QED) is 0.812. The first-order valence-electron chi connectivity index (χ1n) is 6.27. The molecule has 2 heteroatoms. The second-order valence-electron chi connectivity index (χ2n) is 4.85. The third-order valence-electron chi connectivity index (χ3n) is 3.74. The van der Waals surface area contributed by atoms with Crippen molar-refractivity contribution >= 4 is 5.69 Å². The van der Waals surface area contributed by atoms with Gasteiger partial charge in [-0.15, -0.1) is 0 Å². The number of hydrogen-bond acceptors (Lipinski definition) is 2. The fraction of sp³-hybridized carbons (Fsp3) is 0.571. The Bertz CT molecular complexity index is 362. The fourth-order valence-corrected chi connectivity index (χ4v) is 2.63. The van der Waals surface area contributed by atoms with Crippen LogP contribution >= 0.6 is 0 Å². The predicted octanol–water partition coefficient (Wildman–Crippen LogP) is 3.69. The lowest BCUT2D eigenvalue weighted by atomic mass is 10.0. The standard InChI is InChI=1S/C14H21NO/c1-3-11-5-4-6-13(11)15-12-8-7-10(2)14(16)9-12/h7-9,11,13,15-16H,3-6H2,1-2H3. The van der Waals surface area contributed by atoms with Gasteiger partial charge in [-0.3, -0.25) is 0 Å². The highest BCUT2D eigenvalue weighted by molar-refractivity contribution is 5.51. The maximum absolute atomic E-state index is 9.66. The van der Waals surface area contributed by atoms with E-state index in [0.717, 1.165) is 17.2 Å². The van der Waals surface area contributed by atoms with E-state index in [1.54, 1.807) is 0 Å². The van der Waals surface area contributed by atoms with Crippen molar-refractivity contribution < 1.29 is 5.11 Å². The summed E-state index contributed by atoms with van der Waals surface area (Å²) in [5, 5.41) is 13.2. The summed E-state index contributed by atoms with van der Waals surface area (Å²) >= 11 is 0. The van der Waals surface area contributed by atoms with Gasteiger partial charge < -0.3 is 10.4 Å². The summed E-state index contributed by atoms with van der Waals surface area (Å²) < 4.78 is 0. The monoisotopic (exact) mass is 219 g/mol. The van der Waals surface area contributed by atoms with Gasteiger partial charge in [0.2, 0.25) is 0 Å². The summed E-state index contributed by atoms with van der Waals surface area (Å²) in [5.41, 5.74) is 1.98. The summed E-state index contributed by atoms with van der Waals surface area (Å²) in [6, 6.07) is 6.45. The van der Waals surface area contributed by atoms with E-state index in [0.29, 0.717) is 11.8 Å². The summed E-state index contributed by atoms with van der Waals surface area (Å²) in [4.78, 5) is 0. The van der Waals surface area contributed by atoms with E-state index in [1.165, 1.54) is 25.7 Å². The molecule has 0 spiro atoms. The second kappa shape index (κ2) is 4.77. The molecular formula is C14H21NO. The van der Waals surface area contributed by atoms with E-state index in [2.05, 4.69) is 18.3 Å². The Morgan fingerprint density at radius 3 is 2.88 bits per heavy atom. The number of anilines is 1. The molecule has 0 aliphatic heterocycles. The van der Waals surface area contributed by atoms with Crippen LogP contribution in [0.1, 0.15) is 38.2 Å². The molecule has 0 heterocycles. The van der Waals surface area contributed by atoms with E-state index in [4.69, 9.17) is 0 Å². The van der Waals surface area contributed by atoms with Gasteiger partial charge in [-0.1, -0.05) is 25.8 Å². The molecule has 88 valence electrons. The van der Waals surface area contributed by atoms with Crippen molar-refractivity contribution in [3.8, 4) is 5.75 Å². The lowest BCUT2D eigenvalue weighted by molar-refractivity contribution is 0.470. The van der Waals surface area contributed by atoms with Crippen molar-refractivity contribution in [2.75, 3.05) is 5.32 Å². The van der Waals surface area contributed by atoms with Crippen molar-refractivity contribution in [3.05, 3.63) is 23.8 Å². The van der Waals surface area contributed by atoms with Gasteiger partial charge in [-0.05, 0) is 37.3 Å². The van der Waals surface area contributed by atoms with Crippen LogP contribution in [0.5, 0.6) is 5.75 Å². The third-order valence-corrected chi connectivity index (χ3v) is 3.74. The van der Waals surface area contributed by atoms with Gasteiger partial charge in [0.15, 0.2) is 0 Å². The molecule has 0 bridgehead atoms. The summed E-state index contributed by atoms with van der Waals surface area (Å²) in [6.45, 7) is 4.18. The summed E-state index contributed by atoms with van der Waals surface area (Å²) in [6.07, 6.45) is 5.17. The molecule has 2 N–H and O–H groups in total. The lowest BCUT2D eigenvalue weighted by Gasteiger charge is -2.21. The minimum atomic E-state index is 0.385. The fourth-order valence-electron chi connectivity index (χ4n) is 2.63. The van der Waals surface area contributed by atoms with E-state index in [-0.39, 0.29) is 0 Å². The number of hydrogen-bond donors (Lipinski definition) is 2. The van der Waals surface area contributed by atoms with Crippen LogP contribution in [-0.4, -0.2) is 11.1 Å². The maximum atomic E-state index is 9.66. The molecule has 1 fully saturated rings. The van der Waals surface area contributed by atoms with E-state index in [1.807, 2.05) is 19.1 Å². The molecule has 0 radical (unpaired) electrons. The zero-order valence-electron chi connectivity index (χ0n) is 10.2. The van der Waals surface area contributed by atoms with E-state index >= 15 is 0 Å². The minimum Gasteiger partial charge on any atom is -0.508 e. The van der Waals surface area contributed by atoms with Gasteiger partial charge in [-0.2, -0.15) is 0 Å². The molecule has 16 heavy (non-hydrogen) atoms. The Balaban J connectivity index is 2.05. The molecule has 2 unspecified atom stereocenters. The minimum absolute atomic E-state index is 0.385. The topological polar surface area (TPSA) is 32.3 Å². The highest BCUT2D eigenvalue weighted by Crippen LogP contribution is 2.31. The van der Waals surface area contributed by atoms with Gasteiger partial charge >= 0.3 is 0 Å². The molecule has 1 aromatic carbocycles. The van der Waals surface area contributed by atoms with Crippen LogP contribution in [0, 0.1) is 12.8 Å². The molecule has 2 atom stereocenters. The van der Waals surface area contributed by atoms with Gasteiger partial charge in [0.25, 0.3) is 0 Å². The van der Waals surface area contributed by atoms with Crippen molar-refractivity contribution in [1.82, 2.24) is 0 Å². The molecule has 1 aliphatic carbocycles. The Labute approximate surface area is 97.7 Å². The molecule has 0 saturated heterocycles. The molecule has 2 nitrogen and oxygen atoms in total. The number of nitrogens with one attached hydrogen (secondary N) is 1. The Morgan fingerprint density at radius 1 is 1.38 bits per heavy atom. The number of aromatic hydroxyl groups is 1. The van der Waals surface area contributed by atoms with Crippen molar-refractivity contribution in [1.29, 1.82) is 0 Å². The maximum Gasteiger partial charge on any atom is 0.120 e. The van der Waals surface area contributed by atoms with Crippen LogP contribution in [0.15, 0.2) is 18.2 Å². The van der Waals surface area contributed by atoms with Crippen LogP contribution in [0.3, 0.4) is 0 Å². The summed E-state index contributed by atoms with van der Waals surface area (Å²) in [7, 11) is 0. The molecule has 0 aromatic heterocycles. The summed E-state index contributed by atoms with van der Waals surface area (Å²) in [5.74, 6) is 1.18. The molecule has 1 aliphatic rings. The number of phenolic OH excluding ortho intramolecular Hbond substituents is 1. The molecule has 1 saturated carbocycles. The SMILES string of the molecule is CCC1CCCC1Nc1ccc(C)c(O)c1. The van der Waals surface area contributed by atoms with Crippen LogP contribution in [0.4, 0.5) is 5.69 Å². The van der Waals surface area contributed by atoms with Gasteiger partial charge in [0, 0.05) is 17.8 Å². The van der Waals surface area contributed by atoms with Gasteiger partial charge in [0.1, 0.15) is 5.75 Å². The number of benzene rings is 1. The Morgan fingerprint density at radius 2 is 2.19 bits per heavy atom. The van der Waals surface area contributed by atoms with Crippen LogP contribution in [0.25, 0.3) is 0 Å². The zero-order chi connectivity index (χ0) is 11.5. The van der Waals surface area contributed by atoms with Crippen molar-refractivity contribution in [2.24, 2.45) is 5.92 Å². The normalized spacial score (nSPS) is 24.6. The van der Waals surface area contributed by atoms with Crippen LogP contribution in [0.2, 0.25) is 0 Å². The highest BCUT2D eigenvalue weighted by atomic mass is 16.3. The van der Waals surface area contributed by atoms with Crippen molar-refractivity contribution in [2.45, 2.75) is 45.6 Å². The first-order valence-corrected chi connectivity index (χ1v) is 6.27.